The first-order valence-electron chi connectivity index (χ1n) is 13.5. The van der Waals surface area contributed by atoms with E-state index in [1.807, 2.05) is 6.92 Å². The third-order valence-corrected chi connectivity index (χ3v) is 7.48. The molecule has 5 N–H and O–H groups in total. The van der Waals surface area contributed by atoms with Gasteiger partial charge in [0.2, 0.25) is 0 Å². The SMILES string of the molecule is CCc1nc(C(N)=O)c(Nc2ccc(N3CCNCC3)c(C(F)(F)F)c2)nc1CCCC1CCC(O)CC1. The number of anilines is 3. The molecule has 0 unspecified atom stereocenters. The van der Waals surface area contributed by atoms with Crippen LogP contribution in [-0.2, 0) is 19.0 Å². The fourth-order valence-corrected chi connectivity index (χ4v) is 5.40. The molecule has 1 saturated carbocycles. The summed E-state index contributed by atoms with van der Waals surface area (Å²) in [5.41, 5.74) is 6.39. The number of piperazine rings is 1. The first-order valence-corrected chi connectivity index (χ1v) is 13.5. The molecular weight excluding hydrogens is 497 g/mol. The fourth-order valence-electron chi connectivity index (χ4n) is 5.40. The Labute approximate surface area is 221 Å². The number of nitrogens with two attached hydrogens (primary N) is 1. The Bertz CT molecular complexity index is 1110. The summed E-state index contributed by atoms with van der Waals surface area (Å²) < 4.78 is 42.1. The molecule has 1 saturated heterocycles. The minimum Gasteiger partial charge on any atom is -0.393 e. The highest BCUT2D eigenvalue weighted by atomic mass is 19.4. The quantitative estimate of drug-likeness (QED) is 0.381. The average Bonchev–Trinajstić information content (AvgIpc) is 2.90. The monoisotopic (exact) mass is 534 g/mol. The standard InChI is InChI=1S/C27H37F3N6O2/c1-2-21-22(5-3-4-17-6-9-19(37)10-7-17)35-26(24(34-21)25(31)38)33-18-8-11-23(20(16-18)27(28,29)30)36-14-12-32-13-15-36/h8,11,16-17,19,32,37H,2-7,9-10,12-15H2,1H3,(H2,31,38)(H,33,35). The second-order valence-corrected chi connectivity index (χ2v) is 10.2. The van der Waals surface area contributed by atoms with Crippen molar-refractivity contribution in [1.82, 2.24) is 15.3 Å². The Morgan fingerprint density at radius 2 is 1.87 bits per heavy atom. The smallest absolute Gasteiger partial charge is 0.393 e. The lowest BCUT2D eigenvalue weighted by atomic mass is 9.84. The van der Waals surface area contributed by atoms with Crippen molar-refractivity contribution in [2.75, 3.05) is 36.4 Å². The minimum atomic E-state index is -4.55. The largest absolute Gasteiger partial charge is 0.418 e. The van der Waals surface area contributed by atoms with E-state index in [9.17, 15) is 23.1 Å². The van der Waals surface area contributed by atoms with Crippen molar-refractivity contribution in [3.05, 3.63) is 40.8 Å². The zero-order chi connectivity index (χ0) is 27.3. The third-order valence-electron chi connectivity index (χ3n) is 7.48. The molecule has 1 aliphatic heterocycles. The summed E-state index contributed by atoms with van der Waals surface area (Å²) >= 11 is 0. The molecule has 1 aromatic heterocycles. The van der Waals surface area contributed by atoms with Gasteiger partial charge in [-0.05, 0) is 69.1 Å². The minimum absolute atomic E-state index is 0.0635. The van der Waals surface area contributed by atoms with Crippen molar-refractivity contribution in [3.8, 4) is 0 Å². The van der Waals surface area contributed by atoms with Gasteiger partial charge in [0.1, 0.15) is 0 Å². The molecule has 0 spiro atoms. The van der Waals surface area contributed by atoms with Gasteiger partial charge in [-0.3, -0.25) is 4.79 Å². The summed E-state index contributed by atoms with van der Waals surface area (Å²) in [7, 11) is 0. The molecule has 1 aromatic carbocycles. The maximum atomic E-state index is 14.0. The van der Waals surface area contributed by atoms with Crippen molar-refractivity contribution in [2.45, 2.75) is 70.6 Å². The fraction of sp³-hybridized carbons (Fsp3) is 0.593. The maximum absolute atomic E-state index is 14.0. The number of aryl methyl sites for hydroxylation is 2. The van der Waals surface area contributed by atoms with Gasteiger partial charge in [0.15, 0.2) is 11.5 Å². The number of hydrogen-bond donors (Lipinski definition) is 4. The molecule has 4 rings (SSSR count). The van der Waals surface area contributed by atoms with Gasteiger partial charge >= 0.3 is 6.18 Å². The molecule has 208 valence electrons. The van der Waals surface area contributed by atoms with Gasteiger partial charge in [-0.2, -0.15) is 13.2 Å². The normalized spacial score (nSPS) is 20.4. The first kappa shape index (κ1) is 28.1. The maximum Gasteiger partial charge on any atom is 0.418 e. The Morgan fingerprint density at radius 3 is 2.50 bits per heavy atom. The van der Waals surface area contributed by atoms with Crippen molar-refractivity contribution in [3.63, 3.8) is 0 Å². The molecule has 1 amide bonds. The molecule has 2 fully saturated rings. The molecule has 38 heavy (non-hydrogen) atoms. The first-order chi connectivity index (χ1) is 18.2. The van der Waals surface area contributed by atoms with E-state index in [0.717, 1.165) is 44.6 Å². The van der Waals surface area contributed by atoms with Crippen molar-refractivity contribution >= 4 is 23.1 Å². The Morgan fingerprint density at radius 1 is 1.16 bits per heavy atom. The van der Waals surface area contributed by atoms with E-state index in [1.165, 1.54) is 6.07 Å². The predicted octanol–water partition coefficient (Wildman–Crippen LogP) is 4.18. The Hall–Kier alpha value is -2.92. The summed E-state index contributed by atoms with van der Waals surface area (Å²) in [5, 5.41) is 15.8. The van der Waals surface area contributed by atoms with Gasteiger partial charge in [0, 0.05) is 37.6 Å². The molecule has 2 aliphatic rings. The number of carbonyl (C=O) groups is 1. The van der Waals surface area contributed by atoms with E-state index >= 15 is 0 Å². The van der Waals surface area contributed by atoms with Gasteiger partial charge < -0.3 is 26.4 Å². The molecule has 1 aliphatic carbocycles. The summed E-state index contributed by atoms with van der Waals surface area (Å²) in [6.45, 7) is 4.11. The van der Waals surface area contributed by atoms with Crippen LogP contribution in [0, 0.1) is 5.92 Å². The highest BCUT2D eigenvalue weighted by Gasteiger charge is 2.35. The number of halogens is 3. The molecular formula is C27H37F3N6O2. The number of aromatic nitrogens is 2. The van der Waals surface area contributed by atoms with Crippen LogP contribution < -0.4 is 21.3 Å². The van der Waals surface area contributed by atoms with E-state index in [4.69, 9.17) is 5.73 Å². The van der Waals surface area contributed by atoms with Gasteiger partial charge in [0.05, 0.1) is 23.1 Å². The van der Waals surface area contributed by atoms with E-state index in [2.05, 4.69) is 20.6 Å². The number of nitrogens with zero attached hydrogens (tertiary/aromatic N) is 3. The van der Waals surface area contributed by atoms with E-state index in [-0.39, 0.29) is 29.0 Å². The summed E-state index contributed by atoms with van der Waals surface area (Å²) in [5.74, 6) is -0.169. The number of nitrogens with one attached hydrogen (secondary N) is 2. The summed E-state index contributed by atoms with van der Waals surface area (Å²) in [4.78, 5) is 23.0. The van der Waals surface area contributed by atoms with E-state index in [0.29, 0.717) is 56.3 Å². The van der Waals surface area contributed by atoms with Crippen molar-refractivity contribution < 1.29 is 23.1 Å². The van der Waals surface area contributed by atoms with Crippen LogP contribution in [0.5, 0.6) is 0 Å². The number of aliphatic hydroxyl groups excluding tert-OH is 1. The van der Waals surface area contributed by atoms with Crippen LogP contribution in [0.3, 0.4) is 0 Å². The second kappa shape index (κ2) is 12.3. The van der Waals surface area contributed by atoms with Crippen LogP contribution in [0.1, 0.15) is 72.9 Å². The van der Waals surface area contributed by atoms with Crippen molar-refractivity contribution in [2.24, 2.45) is 11.7 Å². The Kier molecular flexibility index (Phi) is 9.09. The Balaban J connectivity index is 1.57. The zero-order valence-electron chi connectivity index (χ0n) is 21.8. The lowest BCUT2D eigenvalue weighted by Crippen LogP contribution is -2.44. The summed E-state index contributed by atoms with van der Waals surface area (Å²) in [6.07, 6.45) is 1.99. The molecule has 2 heterocycles. The van der Waals surface area contributed by atoms with Gasteiger partial charge in [-0.25, -0.2) is 9.97 Å². The lowest BCUT2D eigenvalue weighted by Gasteiger charge is -2.31. The third kappa shape index (κ3) is 6.93. The van der Waals surface area contributed by atoms with E-state index < -0.39 is 17.6 Å². The number of amides is 1. The van der Waals surface area contributed by atoms with E-state index in [1.54, 1.807) is 11.0 Å². The molecule has 11 heteroatoms. The number of primary amides is 1. The number of rotatable bonds is 9. The molecule has 0 radical (unpaired) electrons. The van der Waals surface area contributed by atoms with Gasteiger partial charge in [-0.1, -0.05) is 13.3 Å². The number of alkyl halides is 3. The van der Waals surface area contributed by atoms with Crippen LogP contribution in [-0.4, -0.2) is 53.3 Å². The number of benzene rings is 1. The molecule has 0 atom stereocenters. The zero-order valence-corrected chi connectivity index (χ0v) is 21.8. The average molecular weight is 535 g/mol. The predicted molar refractivity (Wildman–Crippen MR) is 141 cm³/mol. The lowest BCUT2D eigenvalue weighted by molar-refractivity contribution is -0.137. The van der Waals surface area contributed by atoms with Gasteiger partial charge in [0.25, 0.3) is 5.91 Å². The molecule has 0 bridgehead atoms. The summed E-state index contributed by atoms with van der Waals surface area (Å²) in [6, 6.07) is 4.06. The number of hydrogen-bond acceptors (Lipinski definition) is 7. The van der Waals surface area contributed by atoms with Crippen LogP contribution in [0.4, 0.5) is 30.4 Å². The molecule has 8 nitrogen and oxygen atoms in total. The number of aliphatic hydroxyl groups is 1. The number of carbonyl (C=O) groups excluding carboxylic acids is 1. The topological polar surface area (TPSA) is 116 Å². The second-order valence-electron chi connectivity index (χ2n) is 10.2. The molecule has 2 aromatic rings. The van der Waals surface area contributed by atoms with Crippen LogP contribution in [0.15, 0.2) is 18.2 Å². The van der Waals surface area contributed by atoms with Crippen molar-refractivity contribution in [1.29, 1.82) is 0 Å². The van der Waals surface area contributed by atoms with Gasteiger partial charge in [-0.15, -0.1) is 0 Å². The van der Waals surface area contributed by atoms with Crippen LogP contribution in [0.2, 0.25) is 0 Å². The van der Waals surface area contributed by atoms with Crippen LogP contribution in [0.25, 0.3) is 0 Å². The highest BCUT2D eigenvalue weighted by Crippen LogP contribution is 2.39. The van der Waals surface area contributed by atoms with Crippen LogP contribution >= 0.6 is 0 Å². The highest BCUT2D eigenvalue weighted by molar-refractivity contribution is 5.96.